The topological polar surface area (TPSA) is 27.8 Å². The number of rotatable bonds is 3. The molecule has 2 aromatic carbocycles. The standard InChI is InChI=1S/C16H14ClFN2/c1-10-14(18)3-2-4-15(10)19-8-11-9-20-16-7-12(17)5-6-13(11)16/h2-7,9,19-20H,8H2,1H3. The van der Waals surface area contributed by atoms with Gasteiger partial charge in [-0.1, -0.05) is 23.7 Å². The summed E-state index contributed by atoms with van der Waals surface area (Å²) in [5, 5.41) is 5.10. The zero-order valence-corrected chi connectivity index (χ0v) is 11.8. The summed E-state index contributed by atoms with van der Waals surface area (Å²) >= 11 is 5.96. The smallest absolute Gasteiger partial charge is 0.128 e. The molecule has 0 aliphatic heterocycles. The maximum atomic E-state index is 13.5. The second-order valence-corrected chi connectivity index (χ2v) is 5.21. The second-order valence-electron chi connectivity index (χ2n) is 4.77. The van der Waals surface area contributed by atoms with Gasteiger partial charge in [0, 0.05) is 39.9 Å². The number of hydrogen-bond acceptors (Lipinski definition) is 1. The molecule has 0 aliphatic rings. The highest BCUT2D eigenvalue weighted by atomic mass is 35.5. The Bertz CT molecular complexity index is 764. The van der Waals surface area contributed by atoms with E-state index < -0.39 is 0 Å². The molecule has 0 atom stereocenters. The quantitative estimate of drug-likeness (QED) is 0.706. The maximum absolute atomic E-state index is 13.5. The van der Waals surface area contributed by atoms with Crippen molar-refractivity contribution >= 4 is 28.2 Å². The van der Waals surface area contributed by atoms with Crippen molar-refractivity contribution in [1.82, 2.24) is 4.98 Å². The van der Waals surface area contributed by atoms with Crippen molar-refractivity contribution in [1.29, 1.82) is 0 Å². The summed E-state index contributed by atoms with van der Waals surface area (Å²) in [7, 11) is 0. The number of benzene rings is 2. The Kier molecular flexibility index (Phi) is 3.36. The lowest BCUT2D eigenvalue weighted by molar-refractivity contribution is 0.619. The Morgan fingerprint density at radius 1 is 1.25 bits per heavy atom. The van der Waals surface area contributed by atoms with Crippen LogP contribution < -0.4 is 5.32 Å². The Balaban J connectivity index is 1.85. The van der Waals surface area contributed by atoms with Gasteiger partial charge in [0.1, 0.15) is 5.82 Å². The van der Waals surface area contributed by atoms with Gasteiger partial charge >= 0.3 is 0 Å². The minimum atomic E-state index is -0.194. The summed E-state index contributed by atoms with van der Waals surface area (Å²) in [5.41, 5.74) is 3.58. The molecule has 0 amide bonds. The maximum Gasteiger partial charge on any atom is 0.128 e. The molecule has 3 aromatic rings. The first kappa shape index (κ1) is 13.0. The van der Waals surface area contributed by atoms with Crippen molar-refractivity contribution in [3.8, 4) is 0 Å². The molecule has 3 rings (SSSR count). The lowest BCUT2D eigenvalue weighted by Crippen LogP contribution is -2.01. The van der Waals surface area contributed by atoms with Crippen LogP contribution in [0.1, 0.15) is 11.1 Å². The lowest BCUT2D eigenvalue weighted by atomic mass is 10.1. The van der Waals surface area contributed by atoms with E-state index in [1.807, 2.05) is 30.5 Å². The van der Waals surface area contributed by atoms with Crippen LogP contribution in [0.15, 0.2) is 42.6 Å². The molecular weight excluding hydrogens is 275 g/mol. The monoisotopic (exact) mass is 288 g/mol. The van der Waals surface area contributed by atoms with Gasteiger partial charge in [-0.05, 0) is 36.8 Å². The Hall–Kier alpha value is -2.00. The first-order valence-electron chi connectivity index (χ1n) is 6.39. The Morgan fingerprint density at radius 2 is 2.10 bits per heavy atom. The Labute approximate surface area is 121 Å². The average Bonchev–Trinajstić information content (AvgIpc) is 2.83. The van der Waals surface area contributed by atoms with Crippen LogP contribution in [0, 0.1) is 12.7 Å². The fourth-order valence-electron chi connectivity index (χ4n) is 2.29. The van der Waals surface area contributed by atoms with E-state index in [9.17, 15) is 4.39 Å². The molecule has 0 bridgehead atoms. The van der Waals surface area contributed by atoms with Crippen LogP contribution >= 0.6 is 11.6 Å². The minimum absolute atomic E-state index is 0.194. The van der Waals surface area contributed by atoms with Gasteiger partial charge < -0.3 is 10.3 Å². The summed E-state index contributed by atoms with van der Waals surface area (Å²) in [4.78, 5) is 3.19. The van der Waals surface area contributed by atoms with E-state index in [1.54, 1.807) is 13.0 Å². The molecule has 0 aliphatic carbocycles. The minimum Gasteiger partial charge on any atom is -0.381 e. The summed E-state index contributed by atoms with van der Waals surface area (Å²) in [6.07, 6.45) is 1.95. The number of halogens is 2. The van der Waals surface area contributed by atoms with Crippen molar-refractivity contribution in [3.63, 3.8) is 0 Å². The predicted octanol–water partition coefficient (Wildman–Crippen LogP) is 4.88. The molecule has 0 fully saturated rings. The third-order valence-electron chi connectivity index (χ3n) is 3.47. The third kappa shape index (κ3) is 2.37. The highest BCUT2D eigenvalue weighted by Crippen LogP contribution is 2.24. The Morgan fingerprint density at radius 3 is 2.95 bits per heavy atom. The van der Waals surface area contributed by atoms with Crippen LogP contribution in [-0.4, -0.2) is 4.98 Å². The van der Waals surface area contributed by atoms with Gasteiger partial charge in [0.15, 0.2) is 0 Å². The summed E-state index contributed by atoms with van der Waals surface area (Å²) < 4.78 is 13.5. The van der Waals surface area contributed by atoms with Crippen LogP contribution in [0.3, 0.4) is 0 Å². The van der Waals surface area contributed by atoms with E-state index >= 15 is 0 Å². The fourth-order valence-corrected chi connectivity index (χ4v) is 2.47. The average molecular weight is 289 g/mol. The molecule has 0 spiro atoms. The molecule has 0 unspecified atom stereocenters. The van der Waals surface area contributed by atoms with Gasteiger partial charge in [0.25, 0.3) is 0 Å². The molecule has 2 N–H and O–H groups in total. The van der Waals surface area contributed by atoms with Gasteiger partial charge in [-0.15, -0.1) is 0 Å². The first-order valence-corrected chi connectivity index (χ1v) is 6.77. The highest BCUT2D eigenvalue weighted by Gasteiger charge is 2.06. The third-order valence-corrected chi connectivity index (χ3v) is 3.70. The molecule has 2 nitrogen and oxygen atoms in total. The normalized spacial score (nSPS) is 10.9. The van der Waals surface area contributed by atoms with Gasteiger partial charge in [0.05, 0.1) is 0 Å². The number of nitrogens with one attached hydrogen (secondary N) is 2. The van der Waals surface area contributed by atoms with Gasteiger partial charge in [-0.25, -0.2) is 4.39 Å². The number of H-pyrrole nitrogens is 1. The molecule has 1 heterocycles. The van der Waals surface area contributed by atoms with Crippen LogP contribution in [0.5, 0.6) is 0 Å². The van der Waals surface area contributed by atoms with E-state index in [-0.39, 0.29) is 5.82 Å². The van der Waals surface area contributed by atoms with Gasteiger partial charge in [-0.2, -0.15) is 0 Å². The lowest BCUT2D eigenvalue weighted by Gasteiger charge is -2.09. The van der Waals surface area contributed by atoms with Crippen LogP contribution in [0.25, 0.3) is 10.9 Å². The van der Waals surface area contributed by atoms with E-state index in [0.717, 1.165) is 22.2 Å². The summed E-state index contributed by atoms with van der Waals surface area (Å²) in [6, 6.07) is 10.8. The SMILES string of the molecule is Cc1c(F)cccc1NCc1c[nH]c2cc(Cl)ccc12. The van der Waals surface area contributed by atoms with E-state index in [2.05, 4.69) is 10.3 Å². The molecule has 4 heteroatoms. The number of aromatic nitrogens is 1. The van der Waals surface area contributed by atoms with Crippen LogP contribution in [0.4, 0.5) is 10.1 Å². The van der Waals surface area contributed by atoms with Crippen LogP contribution in [-0.2, 0) is 6.54 Å². The molecule has 20 heavy (non-hydrogen) atoms. The first-order chi connectivity index (χ1) is 9.65. The van der Waals surface area contributed by atoms with Gasteiger partial charge in [-0.3, -0.25) is 0 Å². The van der Waals surface area contributed by atoms with Crippen molar-refractivity contribution in [2.75, 3.05) is 5.32 Å². The van der Waals surface area contributed by atoms with Crippen LogP contribution in [0.2, 0.25) is 5.02 Å². The number of anilines is 1. The van der Waals surface area contributed by atoms with E-state index in [1.165, 1.54) is 6.07 Å². The molecule has 1 aromatic heterocycles. The van der Waals surface area contributed by atoms with Crippen molar-refractivity contribution in [2.45, 2.75) is 13.5 Å². The van der Waals surface area contributed by atoms with Crippen molar-refractivity contribution in [2.24, 2.45) is 0 Å². The molecule has 0 radical (unpaired) electrons. The molecule has 0 saturated heterocycles. The highest BCUT2D eigenvalue weighted by molar-refractivity contribution is 6.31. The molecule has 0 saturated carbocycles. The van der Waals surface area contributed by atoms with Gasteiger partial charge in [0.2, 0.25) is 0 Å². The number of fused-ring (bicyclic) bond motifs is 1. The van der Waals surface area contributed by atoms with Crippen molar-refractivity contribution < 1.29 is 4.39 Å². The van der Waals surface area contributed by atoms with Crippen molar-refractivity contribution in [3.05, 3.63) is 64.6 Å². The zero-order chi connectivity index (χ0) is 14.1. The molecule has 102 valence electrons. The summed E-state index contributed by atoms with van der Waals surface area (Å²) in [6.45, 7) is 2.40. The molecular formula is C16H14ClFN2. The fraction of sp³-hybridized carbons (Fsp3) is 0.125. The second kappa shape index (κ2) is 5.17. The zero-order valence-electron chi connectivity index (χ0n) is 11.0. The largest absolute Gasteiger partial charge is 0.381 e. The predicted molar refractivity (Wildman–Crippen MR) is 81.8 cm³/mol. The van der Waals surface area contributed by atoms with E-state index in [4.69, 9.17) is 11.6 Å². The van der Waals surface area contributed by atoms with E-state index in [0.29, 0.717) is 17.1 Å². The number of hydrogen-bond donors (Lipinski definition) is 2. The number of aromatic amines is 1. The summed E-state index contributed by atoms with van der Waals surface area (Å²) in [5.74, 6) is -0.194.